The topological polar surface area (TPSA) is 61.8 Å². The van der Waals surface area contributed by atoms with E-state index in [9.17, 15) is 9.59 Å². The molecule has 1 aromatic carbocycles. The van der Waals surface area contributed by atoms with Crippen LogP contribution in [-0.4, -0.2) is 37.7 Å². The lowest BCUT2D eigenvalue weighted by Crippen LogP contribution is -2.40. The van der Waals surface area contributed by atoms with Gasteiger partial charge < -0.3 is 14.2 Å². The molecule has 6 heteroatoms. The first-order valence-corrected chi connectivity index (χ1v) is 10.9. The van der Waals surface area contributed by atoms with E-state index in [0.29, 0.717) is 21.9 Å². The highest BCUT2D eigenvalue weighted by Crippen LogP contribution is 2.46. The van der Waals surface area contributed by atoms with Crippen molar-refractivity contribution in [3.63, 3.8) is 0 Å². The number of rotatable bonds is 6. The van der Waals surface area contributed by atoms with Gasteiger partial charge in [0.25, 0.3) is 0 Å². The standard InChI is InChI=1S/C26H33ClO5/c1-15-17(3)26(7,14-13-20(28)18-11-10-12-19(27)22(18)30-8)23(31-9)16(2)21(15)24(29)32-25(4,5)6/h10-14,23H,1-9H3. The largest absolute Gasteiger partial charge is 0.494 e. The van der Waals surface area contributed by atoms with E-state index < -0.39 is 17.1 Å². The summed E-state index contributed by atoms with van der Waals surface area (Å²) in [6.07, 6.45) is 2.90. The van der Waals surface area contributed by atoms with E-state index in [4.69, 9.17) is 25.8 Å². The minimum Gasteiger partial charge on any atom is -0.494 e. The molecule has 0 amide bonds. The molecule has 0 saturated carbocycles. The molecule has 5 nitrogen and oxygen atoms in total. The lowest BCUT2D eigenvalue weighted by Gasteiger charge is -2.42. The Morgan fingerprint density at radius 1 is 1.12 bits per heavy atom. The van der Waals surface area contributed by atoms with E-state index in [1.54, 1.807) is 25.3 Å². The number of hydrogen-bond acceptors (Lipinski definition) is 5. The van der Waals surface area contributed by atoms with Gasteiger partial charge >= 0.3 is 5.97 Å². The Morgan fingerprint density at radius 2 is 1.75 bits per heavy atom. The summed E-state index contributed by atoms with van der Waals surface area (Å²) in [4.78, 5) is 25.9. The highest BCUT2D eigenvalue weighted by atomic mass is 35.5. The van der Waals surface area contributed by atoms with Gasteiger partial charge in [-0.25, -0.2) is 4.79 Å². The Morgan fingerprint density at radius 3 is 2.28 bits per heavy atom. The third kappa shape index (κ3) is 5.00. The maximum atomic E-state index is 13.0. The van der Waals surface area contributed by atoms with Crippen molar-refractivity contribution in [2.75, 3.05) is 14.2 Å². The molecule has 1 aliphatic rings. The van der Waals surface area contributed by atoms with Gasteiger partial charge in [0.2, 0.25) is 0 Å². The number of para-hydroxylation sites is 1. The molecule has 1 aliphatic carbocycles. The number of halogens is 1. The molecule has 32 heavy (non-hydrogen) atoms. The van der Waals surface area contributed by atoms with E-state index in [2.05, 4.69) is 0 Å². The quantitative estimate of drug-likeness (QED) is 0.291. The van der Waals surface area contributed by atoms with Crippen molar-refractivity contribution in [1.82, 2.24) is 0 Å². The van der Waals surface area contributed by atoms with Crippen molar-refractivity contribution in [2.45, 2.75) is 60.2 Å². The first-order chi connectivity index (χ1) is 14.8. The van der Waals surface area contributed by atoms with Crippen LogP contribution in [-0.2, 0) is 14.3 Å². The highest BCUT2D eigenvalue weighted by molar-refractivity contribution is 6.32. The predicted molar refractivity (Wildman–Crippen MR) is 127 cm³/mol. The molecule has 0 spiro atoms. The monoisotopic (exact) mass is 460 g/mol. The van der Waals surface area contributed by atoms with E-state index in [0.717, 1.165) is 16.7 Å². The Bertz CT molecular complexity index is 1010. The normalized spacial score (nSPS) is 21.9. The minimum atomic E-state index is -0.643. The maximum absolute atomic E-state index is 13.0. The van der Waals surface area contributed by atoms with Crippen LogP contribution in [0.4, 0.5) is 0 Å². The van der Waals surface area contributed by atoms with Crippen LogP contribution in [0.15, 0.2) is 52.6 Å². The zero-order chi connectivity index (χ0) is 24.4. The molecular weight excluding hydrogens is 428 g/mol. The number of hydrogen-bond donors (Lipinski definition) is 0. The summed E-state index contributed by atoms with van der Waals surface area (Å²) in [6.45, 7) is 13.2. The molecule has 0 radical (unpaired) electrons. The van der Waals surface area contributed by atoms with Gasteiger partial charge in [-0.05, 0) is 77.8 Å². The molecular formula is C26H33ClO5. The molecule has 174 valence electrons. The first kappa shape index (κ1) is 25.9. The van der Waals surface area contributed by atoms with Gasteiger partial charge in [-0.1, -0.05) is 29.3 Å². The Labute approximate surface area is 196 Å². The zero-order valence-electron chi connectivity index (χ0n) is 20.4. The molecule has 2 atom stereocenters. The molecule has 0 fully saturated rings. The highest BCUT2D eigenvalue weighted by Gasteiger charge is 2.43. The Kier molecular flexibility index (Phi) is 7.79. The lowest BCUT2D eigenvalue weighted by atomic mass is 9.67. The molecule has 0 bridgehead atoms. The molecule has 0 saturated heterocycles. The van der Waals surface area contributed by atoms with Crippen molar-refractivity contribution < 1.29 is 23.8 Å². The van der Waals surface area contributed by atoms with Gasteiger partial charge in [0, 0.05) is 12.5 Å². The van der Waals surface area contributed by atoms with Gasteiger partial charge in [0.1, 0.15) is 11.4 Å². The Hall–Kier alpha value is -2.37. The van der Waals surface area contributed by atoms with Gasteiger partial charge in [0.15, 0.2) is 5.78 Å². The Balaban J connectivity index is 2.50. The molecule has 2 rings (SSSR count). The zero-order valence-corrected chi connectivity index (χ0v) is 21.1. The second-order valence-electron chi connectivity index (χ2n) is 9.23. The summed E-state index contributed by atoms with van der Waals surface area (Å²) < 4.78 is 16.8. The third-order valence-electron chi connectivity index (χ3n) is 5.93. The van der Waals surface area contributed by atoms with Gasteiger partial charge in [-0.2, -0.15) is 0 Å². The van der Waals surface area contributed by atoms with Crippen molar-refractivity contribution >= 4 is 23.4 Å². The van der Waals surface area contributed by atoms with Gasteiger partial charge in [0.05, 0.1) is 29.4 Å². The number of methoxy groups -OCH3 is 2. The van der Waals surface area contributed by atoms with Crippen LogP contribution in [0, 0.1) is 5.41 Å². The summed E-state index contributed by atoms with van der Waals surface area (Å²) in [5.41, 5.74) is 2.18. The molecule has 0 heterocycles. The summed E-state index contributed by atoms with van der Waals surface area (Å²) in [6, 6.07) is 5.06. The number of carbonyl (C=O) groups excluding carboxylic acids is 2. The van der Waals surface area contributed by atoms with E-state index >= 15 is 0 Å². The van der Waals surface area contributed by atoms with Crippen LogP contribution in [0.2, 0.25) is 5.02 Å². The van der Waals surface area contributed by atoms with Crippen LogP contribution in [0.1, 0.15) is 58.8 Å². The van der Waals surface area contributed by atoms with E-state index in [1.807, 2.05) is 54.5 Å². The van der Waals surface area contributed by atoms with Crippen LogP contribution < -0.4 is 4.74 Å². The summed E-state index contributed by atoms with van der Waals surface area (Å²) in [5, 5.41) is 0.373. The fourth-order valence-corrected chi connectivity index (χ4v) is 4.44. The van der Waals surface area contributed by atoms with Crippen LogP contribution in [0.25, 0.3) is 0 Å². The number of allylic oxidation sites excluding steroid dienone is 1. The van der Waals surface area contributed by atoms with Crippen LogP contribution in [0.5, 0.6) is 5.75 Å². The molecule has 0 aliphatic heterocycles. The SMILES string of the molecule is COc1c(Cl)cccc1C(=O)C=CC1(C)C(C)=C(C)C(C(=O)OC(C)(C)C)=C(C)C1OC. The van der Waals surface area contributed by atoms with Crippen molar-refractivity contribution in [1.29, 1.82) is 0 Å². The van der Waals surface area contributed by atoms with Gasteiger partial charge in [-0.15, -0.1) is 0 Å². The van der Waals surface area contributed by atoms with Crippen molar-refractivity contribution in [3.8, 4) is 5.75 Å². The average Bonchev–Trinajstić information content (AvgIpc) is 2.69. The maximum Gasteiger partial charge on any atom is 0.338 e. The molecule has 1 aromatic rings. The van der Waals surface area contributed by atoms with E-state index in [1.165, 1.54) is 13.2 Å². The summed E-state index contributed by atoms with van der Waals surface area (Å²) in [7, 11) is 3.08. The lowest BCUT2D eigenvalue weighted by molar-refractivity contribution is -0.149. The predicted octanol–water partition coefficient (Wildman–Crippen LogP) is 6.12. The number of benzene rings is 1. The number of ketones is 1. The smallest absolute Gasteiger partial charge is 0.338 e. The second-order valence-corrected chi connectivity index (χ2v) is 9.63. The van der Waals surface area contributed by atoms with E-state index in [-0.39, 0.29) is 11.8 Å². The molecule has 0 aromatic heterocycles. The van der Waals surface area contributed by atoms with Crippen LogP contribution in [0.3, 0.4) is 0 Å². The third-order valence-corrected chi connectivity index (χ3v) is 6.23. The first-order valence-electron chi connectivity index (χ1n) is 10.5. The van der Waals surface area contributed by atoms with Crippen molar-refractivity contribution in [3.05, 3.63) is 63.2 Å². The summed E-state index contributed by atoms with van der Waals surface area (Å²) >= 11 is 6.17. The van der Waals surface area contributed by atoms with Crippen LogP contribution >= 0.6 is 11.6 Å². The number of ether oxygens (including phenoxy) is 3. The fraction of sp³-hybridized carbons (Fsp3) is 0.462. The fourth-order valence-electron chi connectivity index (χ4n) is 4.19. The summed E-state index contributed by atoms with van der Waals surface area (Å²) in [5.74, 6) is -0.266. The molecule has 0 N–H and O–H groups in total. The second kappa shape index (κ2) is 9.63. The number of carbonyl (C=O) groups is 2. The van der Waals surface area contributed by atoms with Crippen molar-refractivity contribution in [2.24, 2.45) is 5.41 Å². The van der Waals surface area contributed by atoms with Gasteiger partial charge in [-0.3, -0.25) is 4.79 Å². The number of esters is 1. The molecule has 2 unspecified atom stereocenters. The average molecular weight is 461 g/mol. The minimum absolute atomic E-state index is 0.231.